The summed E-state index contributed by atoms with van der Waals surface area (Å²) >= 11 is 5.91. The van der Waals surface area contributed by atoms with Crippen molar-refractivity contribution in [3.05, 3.63) is 17.0 Å². The number of fused-ring (bicyclic) bond motifs is 1. The molecule has 2 aliphatic heterocycles. The van der Waals surface area contributed by atoms with Gasteiger partial charge in [0, 0.05) is 24.8 Å². The van der Waals surface area contributed by atoms with Crippen LogP contribution in [-0.2, 0) is 4.79 Å². The fraction of sp³-hybridized carbons (Fsp3) is 0.583. The van der Waals surface area contributed by atoms with E-state index < -0.39 is 0 Å². The van der Waals surface area contributed by atoms with E-state index in [0.717, 1.165) is 30.9 Å². The van der Waals surface area contributed by atoms with E-state index in [2.05, 4.69) is 20.2 Å². The minimum Gasteiger partial charge on any atom is -0.354 e. The van der Waals surface area contributed by atoms with Gasteiger partial charge in [-0.15, -0.1) is 0 Å². The van der Waals surface area contributed by atoms with E-state index in [4.69, 9.17) is 11.6 Å². The number of carbonyl (C=O) groups is 1. The average Bonchev–Trinajstić information content (AvgIpc) is 2.70. The van der Waals surface area contributed by atoms with Crippen molar-refractivity contribution in [3.8, 4) is 0 Å². The molecule has 1 aromatic heterocycles. The molecule has 2 atom stereocenters. The second-order valence-electron chi connectivity index (χ2n) is 4.89. The third-order valence-electron chi connectivity index (χ3n) is 3.71. The second kappa shape index (κ2) is 4.39. The van der Waals surface area contributed by atoms with Gasteiger partial charge in [0.15, 0.2) is 0 Å². The predicted octanol–water partition coefficient (Wildman–Crippen LogP) is 1.15. The van der Waals surface area contributed by atoms with Gasteiger partial charge in [0.25, 0.3) is 0 Å². The van der Waals surface area contributed by atoms with Crippen molar-refractivity contribution in [1.29, 1.82) is 0 Å². The minimum atomic E-state index is 0.0906. The summed E-state index contributed by atoms with van der Waals surface area (Å²) in [7, 11) is 0. The lowest BCUT2D eigenvalue weighted by Gasteiger charge is -2.36. The standard InChI is InChI=1S/C12H15ClN4O/c1-7-5-10(16-12(13)15-7)17-4-2-3-8-9(17)6-14-11(8)18/h5,8-9H,2-4,6H2,1H3,(H,14,18). The first kappa shape index (κ1) is 11.7. The first-order chi connectivity index (χ1) is 8.65. The van der Waals surface area contributed by atoms with Gasteiger partial charge in [0.05, 0.1) is 12.0 Å². The van der Waals surface area contributed by atoms with Gasteiger partial charge in [0.1, 0.15) is 5.82 Å². The Kier molecular flexibility index (Phi) is 2.86. The number of amides is 1. The van der Waals surface area contributed by atoms with Crippen molar-refractivity contribution in [2.45, 2.75) is 25.8 Å². The highest BCUT2D eigenvalue weighted by atomic mass is 35.5. The molecular formula is C12H15ClN4O. The summed E-state index contributed by atoms with van der Waals surface area (Å²) in [6.07, 6.45) is 1.97. The van der Waals surface area contributed by atoms with Gasteiger partial charge in [-0.3, -0.25) is 4.79 Å². The zero-order valence-electron chi connectivity index (χ0n) is 10.2. The quantitative estimate of drug-likeness (QED) is 0.775. The molecule has 1 N–H and O–H groups in total. The molecule has 0 saturated carbocycles. The highest BCUT2D eigenvalue weighted by molar-refractivity contribution is 6.28. The molecule has 0 spiro atoms. The first-order valence-corrected chi connectivity index (χ1v) is 6.58. The zero-order valence-corrected chi connectivity index (χ0v) is 10.9. The lowest BCUT2D eigenvalue weighted by Crippen LogP contribution is -2.46. The van der Waals surface area contributed by atoms with Gasteiger partial charge in [-0.05, 0) is 31.4 Å². The van der Waals surface area contributed by atoms with Crippen molar-refractivity contribution < 1.29 is 4.79 Å². The molecule has 3 rings (SSSR count). The molecule has 18 heavy (non-hydrogen) atoms. The van der Waals surface area contributed by atoms with Gasteiger partial charge >= 0.3 is 0 Å². The van der Waals surface area contributed by atoms with Gasteiger partial charge in [-0.25, -0.2) is 9.97 Å². The van der Waals surface area contributed by atoms with E-state index in [1.54, 1.807) is 0 Å². The fourth-order valence-corrected chi connectivity index (χ4v) is 3.12. The van der Waals surface area contributed by atoms with E-state index in [-0.39, 0.29) is 23.2 Å². The number of rotatable bonds is 1. The number of hydrogen-bond donors (Lipinski definition) is 1. The average molecular weight is 267 g/mol. The molecule has 1 aromatic rings. The monoisotopic (exact) mass is 266 g/mol. The summed E-state index contributed by atoms with van der Waals surface area (Å²) in [6, 6.07) is 2.13. The number of aryl methyl sites for hydroxylation is 1. The van der Waals surface area contributed by atoms with Gasteiger partial charge in [0.2, 0.25) is 11.2 Å². The van der Waals surface area contributed by atoms with Crippen LogP contribution in [0.1, 0.15) is 18.5 Å². The summed E-state index contributed by atoms with van der Waals surface area (Å²) < 4.78 is 0. The van der Waals surface area contributed by atoms with Crippen LogP contribution in [0.5, 0.6) is 0 Å². The SMILES string of the molecule is Cc1cc(N2CCCC3C(=O)NCC32)nc(Cl)n1. The number of halogens is 1. The van der Waals surface area contributed by atoms with E-state index >= 15 is 0 Å². The van der Waals surface area contributed by atoms with Crippen LogP contribution < -0.4 is 10.2 Å². The van der Waals surface area contributed by atoms with Crippen LogP contribution in [0.15, 0.2) is 6.07 Å². The summed E-state index contributed by atoms with van der Waals surface area (Å²) in [5, 5.41) is 3.20. The Bertz CT molecular complexity index is 473. The number of nitrogens with zero attached hydrogens (tertiary/aromatic N) is 3. The third kappa shape index (κ3) is 1.92. The number of piperidine rings is 1. The van der Waals surface area contributed by atoms with E-state index in [0.29, 0.717) is 6.54 Å². The van der Waals surface area contributed by atoms with Gasteiger partial charge < -0.3 is 10.2 Å². The highest BCUT2D eigenvalue weighted by Gasteiger charge is 2.41. The Morgan fingerprint density at radius 2 is 2.33 bits per heavy atom. The molecule has 6 heteroatoms. The third-order valence-corrected chi connectivity index (χ3v) is 3.88. The lowest BCUT2D eigenvalue weighted by atomic mass is 9.91. The van der Waals surface area contributed by atoms with Crippen molar-refractivity contribution in [2.24, 2.45) is 5.92 Å². The van der Waals surface area contributed by atoms with Crippen molar-refractivity contribution in [3.63, 3.8) is 0 Å². The van der Waals surface area contributed by atoms with Crippen LogP contribution in [0.25, 0.3) is 0 Å². The Morgan fingerprint density at radius 1 is 1.50 bits per heavy atom. The Balaban J connectivity index is 1.93. The smallest absolute Gasteiger partial charge is 0.225 e. The molecule has 0 aromatic carbocycles. The number of hydrogen-bond acceptors (Lipinski definition) is 4. The van der Waals surface area contributed by atoms with E-state index in [1.807, 2.05) is 13.0 Å². The van der Waals surface area contributed by atoms with Crippen LogP contribution in [0.2, 0.25) is 5.28 Å². The maximum Gasteiger partial charge on any atom is 0.225 e. The largest absolute Gasteiger partial charge is 0.354 e. The number of carbonyl (C=O) groups excluding carboxylic acids is 1. The van der Waals surface area contributed by atoms with Crippen molar-refractivity contribution in [1.82, 2.24) is 15.3 Å². The molecule has 96 valence electrons. The van der Waals surface area contributed by atoms with Gasteiger partial charge in [-0.2, -0.15) is 0 Å². The van der Waals surface area contributed by atoms with Gasteiger partial charge in [-0.1, -0.05) is 0 Å². The molecule has 0 aliphatic carbocycles. The molecule has 2 saturated heterocycles. The van der Waals surface area contributed by atoms with Crippen LogP contribution in [0.3, 0.4) is 0 Å². The maximum atomic E-state index is 11.7. The van der Waals surface area contributed by atoms with Crippen LogP contribution in [0, 0.1) is 12.8 Å². The Hall–Kier alpha value is -1.36. The van der Waals surface area contributed by atoms with E-state index in [1.165, 1.54) is 0 Å². The molecule has 3 heterocycles. The molecule has 1 amide bonds. The minimum absolute atomic E-state index is 0.0906. The summed E-state index contributed by atoms with van der Waals surface area (Å²) in [4.78, 5) is 22.3. The fourth-order valence-electron chi connectivity index (χ4n) is 2.90. The highest BCUT2D eigenvalue weighted by Crippen LogP contribution is 2.31. The summed E-state index contributed by atoms with van der Waals surface area (Å²) in [5.74, 6) is 1.09. The first-order valence-electron chi connectivity index (χ1n) is 6.20. The van der Waals surface area contributed by atoms with Crippen LogP contribution in [-0.4, -0.2) is 35.0 Å². The Labute approximate surface area is 111 Å². The molecule has 2 fully saturated rings. The molecule has 0 bridgehead atoms. The summed E-state index contributed by atoms with van der Waals surface area (Å²) in [5.41, 5.74) is 0.851. The predicted molar refractivity (Wildman–Crippen MR) is 68.6 cm³/mol. The molecule has 2 unspecified atom stereocenters. The van der Waals surface area contributed by atoms with Crippen molar-refractivity contribution in [2.75, 3.05) is 18.0 Å². The summed E-state index contributed by atoms with van der Waals surface area (Å²) in [6.45, 7) is 3.52. The molecule has 2 aliphatic rings. The molecule has 5 nitrogen and oxygen atoms in total. The van der Waals surface area contributed by atoms with Crippen LogP contribution in [0.4, 0.5) is 5.82 Å². The van der Waals surface area contributed by atoms with Crippen molar-refractivity contribution >= 4 is 23.3 Å². The lowest BCUT2D eigenvalue weighted by molar-refractivity contribution is -0.122. The maximum absolute atomic E-state index is 11.7. The topological polar surface area (TPSA) is 58.1 Å². The van der Waals surface area contributed by atoms with E-state index in [9.17, 15) is 4.79 Å². The zero-order chi connectivity index (χ0) is 12.7. The molecular weight excluding hydrogens is 252 g/mol. The Morgan fingerprint density at radius 3 is 3.11 bits per heavy atom. The number of nitrogens with one attached hydrogen (secondary N) is 1. The second-order valence-corrected chi connectivity index (χ2v) is 5.23. The van der Waals surface area contributed by atoms with Crippen LogP contribution >= 0.6 is 11.6 Å². The number of aromatic nitrogens is 2. The number of anilines is 1. The normalized spacial score (nSPS) is 27.0. The molecule has 0 radical (unpaired) electrons.